The summed E-state index contributed by atoms with van der Waals surface area (Å²) in [7, 11) is 0. The molecule has 2 aliphatic heterocycles. The third-order valence-corrected chi connectivity index (χ3v) is 5.83. The highest BCUT2D eigenvalue weighted by Crippen LogP contribution is 2.21. The van der Waals surface area contributed by atoms with Crippen LogP contribution in [0, 0.1) is 5.92 Å². The van der Waals surface area contributed by atoms with E-state index >= 15 is 0 Å². The number of hydrogen-bond donors (Lipinski definition) is 0. The Balaban J connectivity index is 0.000000345. The van der Waals surface area contributed by atoms with E-state index in [1.54, 1.807) is 0 Å². The Labute approximate surface area is 136 Å². The summed E-state index contributed by atoms with van der Waals surface area (Å²) in [5.74, 6) is 2.33. The van der Waals surface area contributed by atoms with Gasteiger partial charge in [0.05, 0.1) is 0 Å². The fourth-order valence-electron chi connectivity index (χ4n) is 2.41. The average molecular weight is 321 g/mol. The highest BCUT2D eigenvalue weighted by atomic mass is 32.2. The van der Waals surface area contributed by atoms with E-state index in [1.165, 1.54) is 31.9 Å². The van der Waals surface area contributed by atoms with Crippen molar-refractivity contribution in [1.82, 2.24) is 9.80 Å². The van der Waals surface area contributed by atoms with E-state index < -0.39 is 0 Å². The molecule has 4 heteroatoms. The van der Waals surface area contributed by atoms with Gasteiger partial charge in [0.1, 0.15) is 0 Å². The minimum Gasteiger partial charge on any atom is -0.300 e. The fourth-order valence-corrected chi connectivity index (χ4v) is 3.78. The first kappa shape index (κ1) is 20.6. The van der Waals surface area contributed by atoms with Gasteiger partial charge in [0, 0.05) is 43.5 Å². The van der Waals surface area contributed by atoms with E-state index in [0.29, 0.717) is 0 Å². The van der Waals surface area contributed by atoms with Gasteiger partial charge in [-0.2, -0.15) is 23.5 Å². The molecular weight excluding hydrogens is 284 g/mol. The van der Waals surface area contributed by atoms with E-state index in [9.17, 15) is 0 Å². The maximum atomic E-state index is 2.53. The van der Waals surface area contributed by atoms with Gasteiger partial charge in [0.25, 0.3) is 0 Å². The third kappa shape index (κ3) is 6.59. The Morgan fingerprint density at radius 1 is 0.900 bits per heavy atom. The van der Waals surface area contributed by atoms with E-state index in [-0.39, 0.29) is 7.43 Å². The molecule has 20 heavy (non-hydrogen) atoms. The lowest BCUT2D eigenvalue weighted by Crippen LogP contribution is -2.52. The summed E-state index contributed by atoms with van der Waals surface area (Å²) in [6.45, 7) is 14.3. The highest BCUT2D eigenvalue weighted by molar-refractivity contribution is 7.99. The predicted octanol–water partition coefficient (Wildman–Crippen LogP) is 3.77. The SMILES string of the molecule is C.CSC1CN(C(C)C)C1.CSCC1CN(C(C)C)C1. The second-order valence-electron chi connectivity index (χ2n) is 6.27. The van der Waals surface area contributed by atoms with Crippen molar-refractivity contribution >= 4 is 23.5 Å². The van der Waals surface area contributed by atoms with Crippen molar-refractivity contribution < 1.29 is 0 Å². The van der Waals surface area contributed by atoms with Gasteiger partial charge in [-0.1, -0.05) is 7.43 Å². The van der Waals surface area contributed by atoms with Crippen molar-refractivity contribution in [2.75, 3.05) is 44.4 Å². The van der Waals surface area contributed by atoms with Gasteiger partial charge < -0.3 is 4.90 Å². The first-order valence-electron chi connectivity index (χ1n) is 7.47. The van der Waals surface area contributed by atoms with Gasteiger partial charge in [-0.05, 0) is 51.9 Å². The van der Waals surface area contributed by atoms with Crippen molar-refractivity contribution in [1.29, 1.82) is 0 Å². The number of hydrogen-bond acceptors (Lipinski definition) is 4. The largest absolute Gasteiger partial charge is 0.300 e. The van der Waals surface area contributed by atoms with Crippen molar-refractivity contribution in [2.45, 2.75) is 52.5 Å². The zero-order valence-corrected chi connectivity index (χ0v) is 15.2. The van der Waals surface area contributed by atoms with Gasteiger partial charge in [-0.15, -0.1) is 0 Å². The molecule has 0 aliphatic carbocycles. The van der Waals surface area contributed by atoms with E-state index in [0.717, 1.165) is 23.3 Å². The van der Waals surface area contributed by atoms with Crippen LogP contribution in [-0.4, -0.2) is 71.6 Å². The predicted molar refractivity (Wildman–Crippen MR) is 99.3 cm³/mol. The topological polar surface area (TPSA) is 6.48 Å². The second-order valence-corrected chi connectivity index (χ2v) is 8.32. The molecule has 2 rings (SSSR count). The van der Waals surface area contributed by atoms with Gasteiger partial charge in [0.2, 0.25) is 0 Å². The smallest absolute Gasteiger partial charge is 0.0299 e. The van der Waals surface area contributed by atoms with Crippen LogP contribution in [0.25, 0.3) is 0 Å². The summed E-state index contributed by atoms with van der Waals surface area (Å²) >= 11 is 3.96. The van der Waals surface area contributed by atoms with Crippen molar-refractivity contribution in [3.8, 4) is 0 Å². The molecule has 0 bridgehead atoms. The number of likely N-dealkylation sites (tertiary alicyclic amines) is 2. The third-order valence-electron chi connectivity index (χ3n) is 4.06. The Hall–Kier alpha value is 0.620. The number of rotatable bonds is 5. The summed E-state index contributed by atoms with van der Waals surface area (Å²) in [6.07, 6.45) is 4.39. The van der Waals surface area contributed by atoms with Crippen LogP contribution >= 0.6 is 23.5 Å². The van der Waals surface area contributed by atoms with Crippen LogP contribution in [0.4, 0.5) is 0 Å². The standard InChI is InChI=1S/C8H17NS.C7H15NS.CH4/c1-7(2)9-4-8(5-9)6-10-3;1-6(2)8-4-7(5-8)9-3;/h7-8H,4-6H2,1-3H3;6-7H,4-5H2,1-3H3;1H4. The molecule has 0 atom stereocenters. The molecule has 2 aliphatic rings. The maximum absolute atomic E-state index is 2.53. The molecule has 0 aromatic carbocycles. The van der Waals surface area contributed by atoms with Crippen molar-refractivity contribution in [2.24, 2.45) is 5.92 Å². The van der Waals surface area contributed by atoms with E-state index in [2.05, 4.69) is 50.0 Å². The summed E-state index contributed by atoms with van der Waals surface area (Å²) in [6, 6.07) is 1.52. The normalized spacial score (nSPS) is 21.0. The summed E-state index contributed by atoms with van der Waals surface area (Å²) in [4.78, 5) is 5.03. The zero-order chi connectivity index (χ0) is 14.4. The first-order valence-corrected chi connectivity index (χ1v) is 10.2. The van der Waals surface area contributed by atoms with Gasteiger partial charge >= 0.3 is 0 Å². The van der Waals surface area contributed by atoms with Gasteiger partial charge in [-0.25, -0.2) is 0 Å². The van der Waals surface area contributed by atoms with Crippen molar-refractivity contribution in [3.63, 3.8) is 0 Å². The highest BCUT2D eigenvalue weighted by Gasteiger charge is 2.27. The minimum absolute atomic E-state index is 0. The monoisotopic (exact) mass is 320 g/mol. The molecule has 2 nitrogen and oxygen atoms in total. The average Bonchev–Trinajstić information content (AvgIpc) is 2.21. The molecule has 0 aromatic rings. The first-order chi connectivity index (χ1) is 8.97. The molecule has 0 aromatic heterocycles. The second kappa shape index (κ2) is 10.4. The van der Waals surface area contributed by atoms with Crippen LogP contribution in [0.2, 0.25) is 0 Å². The molecular formula is C16H36N2S2. The van der Waals surface area contributed by atoms with Gasteiger partial charge in [-0.3, -0.25) is 4.90 Å². The molecule has 0 unspecified atom stereocenters. The molecule has 2 fully saturated rings. The molecule has 0 spiro atoms. The Morgan fingerprint density at radius 2 is 1.35 bits per heavy atom. The van der Waals surface area contributed by atoms with Crippen LogP contribution in [0.1, 0.15) is 35.1 Å². The summed E-state index contributed by atoms with van der Waals surface area (Å²) in [5.41, 5.74) is 0. The van der Waals surface area contributed by atoms with Crippen LogP contribution < -0.4 is 0 Å². The zero-order valence-electron chi connectivity index (χ0n) is 13.6. The lowest BCUT2D eigenvalue weighted by molar-refractivity contribution is 0.0814. The minimum atomic E-state index is 0. The van der Waals surface area contributed by atoms with Crippen LogP contribution in [0.15, 0.2) is 0 Å². The molecule has 122 valence electrons. The van der Waals surface area contributed by atoms with Crippen LogP contribution in [0.3, 0.4) is 0 Å². The molecule has 0 amide bonds. The van der Waals surface area contributed by atoms with E-state index in [1.807, 2.05) is 23.5 Å². The summed E-state index contributed by atoms with van der Waals surface area (Å²) in [5, 5.41) is 0.924. The Morgan fingerprint density at radius 3 is 1.70 bits per heavy atom. The van der Waals surface area contributed by atoms with Crippen molar-refractivity contribution in [3.05, 3.63) is 0 Å². The Kier molecular flexibility index (Phi) is 10.7. The number of thioether (sulfide) groups is 2. The molecule has 0 saturated carbocycles. The Bertz CT molecular complexity index is 235. The molecule has 2 heterocycles. The van der Waals surface area contributed by atoms with Crippen LogP contribution in [-0.2, 0) is 0 Å². The molecule has 2 saturated heterocycles. The maximum Gasteiger partial charge on any atom is 0.0299 e. The van der Waals surface area contributed by atoms with Gasteiger partial charge in [0.15, 0.2) is 0 Å². The summed E-state index contributed by atoms with van der Waals surface area (Å²) < 4.78 is 0. The quantitative estimate of drug-likeness (QED) is 0.760. The number of nitrogens with zero attached hydrogens (tertiary/aromatic N) is 2. The van der Waals surface area contributed by atoms with Crippen LogP contribution in [0.5, 0.6) is 0 Å². The molecule has 0 N–H and O–H groups in total. The lowest BCUT2D eigenvalue weighted by Gasteiger charge is -2.41. The lowest BCUT2D eigenvalue weighted by atomic mass is 10.0. The molecule has 0 radical (unpaired) electrons. The van der Waals surface area contributed by atoms with E-state index in [4.69, 9.17) is 0 Å². The fraction of sp³-hybridized carbons (Fsp3) is 1.00.